The molecule has 0 spiro atoms. The molecule has 0 bridgehead atoms. The fraction of sp³-hybridized carbons (Fsp3) is 0.357. The molecule has 1 aromatic heterocycles. The molecule has 96 valence electrons. The maximum absolute atomic E-state index is 5.85. The summed E-state index contributed by atoms with van der Waals surface area (Å²) >= 11 is 1.58. The number of thiazole rings is 1. The first-order chi connectivity index (χ1) is 8.60. The molecular formula is C14H18N2OS. The number of hydrogen-bond acceptors (Lipinski definition) is 4. The number of rotatable bonds is 4. The Morgan fingerprint density at radius 2 is 2.06 bits per heavy atom. The van der Waals surface area contributed by atoms with Crippen LogP contribution in [0.2, 0.25) is 0 Å². The predicted octanol–water partition coefficient (Wildman–Crippen LogP) is 3.11. The van der Waals surface area contributed by atoms with Crippen LogP contribution in [0.5, 0.6) is 5.75 Å². The highest BCUT2D eigenvalue weighted by atomic mass is 32.1. The Morgan fingerprint density at radius 3 is 2.72 bits per heavy atom. The molecule has 1 aromatic carbocycles. The van der Waals surface area contributed by atoms with Gasteiger partial charge in [-0.25, -0.2) is 4.98 Å². The van der Waals surface area contributed by atoms with Crippen LogP contribution >= 0.6 is 11.3 Å². The molecule has 0 unspecified atom stereocenters. The standard InChI is InChI=1S/C14H18N2OS/c1-9-4-10(2)11(3)13(5-9)17-7-12-8-18-14(6-15)16-12/h4-5,8H,6-7,15H2,1-3H3. The summed E-state index contributed by atoms with van der Waals surface area (Å²) in [4.78, 5) is 4.39. The molecule has 0 saturated carbocycles. The number of ether oxygens (including phenoxy) is 1. The Morgan fingerprint density at radius 1 is 1.28 bits per heavy atom. The van der Waals surface area contributed by atoms with Gasteiger partial charge in [0.2, 0.25) is 0 Å². The lowest BCUT2D eigenvalue weighted by Crippen LogP contribution is -2.00. The van der Waals surface area contributed by atoms with Crippen molar-refractivity contribution in [3.05, 3.63) is 44.9 Å². The van der Waals surface area contributed by atoms with Gasteiger partial charge in [-0.15, -0.1) is 11.3 Å². The lowest BCUT2D eigenvalue weighted by atomic mass is 10.1. The Hall–Kier alpha value is -1.39. The monoisotopic (exact) mass is 262 g/mol. The first kappa shape index (κ1) is 13.1. The largest absolute Gasteiger partial charge is 0.487 e. The lowest BCUT2D eigenvalue weighted by molar-refractivity contribution is 0.299. The third-order valence-corrected chi connectivity index (χ3v) is 3.83. The molecule has 18 heavy (non-hydrogen) atoms. The summed E-state index contributed by atoms with van der Waals surface area (Å²) in [6.45, 7) is 7.25. The fourth-order valence-electron chi connectivity index (χ4n) is 1.81. The van der Waals surface area contributed by atoms with Crippen LogP contribution in [0.25, 0.3) is 0 Å². The summed E-state index contributed by atoms with van der Waals surface area (Å²) < 4.78 is 5.85. The molecule has 0 aliphatic carbocycles. The second-order valence-corrected chi connectivity index (χ2v) is 5.37. The summed E-state index contributed by atoms with van der Waals surface area (Å²) in [5.41, 5.74) is 10.1. The maximum Gasteiger partial charge on any atom is 0.131 e. The third kappa shape index (κ3) is 2.89. The highest BCUT2D eigenvalue weighted by Crippen LogP contribution is 2.24. The van der Waals surface area contributed by atoms with E-state index in [1.807, 2.05) is 5.38 Å². The topological polar surface area (TPSA) is 48.1 Å². The Labute approximate surface area is 112 Å². The van der Waals surface area contributed by atoms with E-state index in [4.69, 9.17) is 10.5 Å². The van der Waals surface area contributed by atoms with Gasteiger partial charge in [-0.05, 0) is 43.5 Å². The fourth-order valence-corrected chi connectivity index (χ4v) is 2.47. The van der Waals surface area contributed by atoms with Gasteiger partial charge in [0.1, 0.15) is 17.4 Å². The SMILES string of the molecule is Cc1cc(C)c(C)c(OCc2csc(CN)n2)c1. The van der Waals surface area contributed by atoms with E-state index in [2.05, 4.69) is 37.9 Å². The van der Waals surface area contributed by atoms with E-state index >= 15 is 0 Å². The zero-order valence-corrected chi connectivity index (χ0v) is 11.8. The summed E-state index contributed by atoms with van der Waals surface area (Å²) in [5, 5.41) is 2.95. The molecule has 0 atom stereocenters. The number of aryl methyl sites for hydroxylation is 2. The Bertz CT molecular complexity index is 549. The third-order valence-electron chi connectivity index (χ3n) is 2.91. The zero-order valence-electron chi connectivity index (χ0n) is 11.0. The van der Waals surface area contributed by atoms with E-state index in [0.717, 1.165) is 16.5 Å². The van der Waals surface area contributed by atoms with E-state index in [-0.39, 0.29) is 0 Å². The van der Waals surface area contributed by atoms with Crippen molar-refractivity contribution in [2.45, 2.75) is 33.9 Å². The lowest BCUT2D eigenvalue weighted by Gasteiger charge is -2.11. The Kier molecular flexibility index (Phi) is 3.99. The van der Waals surface area contributed by atoms with Crippen molar-refractivity contribution in [3.63, 3.8) is 0 Å². The van der Waals surface area contributed by atoms with Gasteiger partial charge >= 0.3 is 0 Å². The van der Waals surface area contributed by atoms with Crippen molar-refractivity contribution in [2.75, 3.05) is 0 Å². The van der Waals surface area contributed by atoms with Gasteiger partial charge in [0.15, 0.2) is 0 Å². The Balaban J connectivity index is 2.10. The molecule has 0 aliphatic heterocycles. The van der Waals surface area contributed by atoms with E-state index in [1.165, 1.54) is 16.7 Å². The van der Waals surface area contributed by atoms with Gasteiger partial charge in [-0.3, -0.25) is 0 Å². The van der Waals surface area contributed by atoms with Crippen LogP contribution in [0.3, 0.4) is 0 Å². The first-order valence-corrected chi connectivity index (χ1v) is 6.82. The number of nitrogens with two attached hydrogens (primary N) is 1. The number of hydrogen-bond donors (Lipinski definition) is 1. The van der Waals surface area contributed by atoms with E-state index in [1.54, 1.807) is 11.3 Å². The number of aromatic nitrogens is 1. The summed E-state index contributed by atoms with van der Waals surface area (Å²) in [6.07, 6.45) is 0. The van der Waals surface area contributed by atoms with Crippen molar-refractivity contribution in [1.29, 1.82) is 0 Å². The minimum Gasteiger partial charge on any atom is -0.487 e. The van der Waals surface area contributed by atoms with Gasteiger partial charge in [-0.2, -0.15) is 0 Å². The van der Waals surface area contributed by atoms with Crippen LogP contribution < -0.4 is 10.5 Å². The molecule has 2 aromatic rings. The summed E-state index contributed by atoms with van der Waals surface area (Å²) in [5.74, 6) is 0.940. The molecule has 4 heteroatoms. The van der Waals surface area contributed by atoms with Crippen LogP contribution in [-0.4, -0.2) is 4.98 Å². The molecular weight excluding hydrogens is 244 g/mol. The molecule has 2 rings (SSSR count). The zero-order chi connectivity index (χ0) is 13.1. The highest BCUT2D eigenvalue weighted by molar-refractivity contribution is 7.09. The van der Waals surface area contributed by atoms with Crippen molar-refractivity contribution in [1.82, 2.24) is 4.98 Å². The van der Waals surface area contributed by atoms with Gasteiger partial charge in [0.25, 0.3) is 0 Å². The molecule has 0 amide bonds. The van der Waals surface area contributed by atoms with Crippen molar-refractivity contribution < 1.29 is 4.74 Å². The normalized spacial score (nSPS) is 10.7. The van der Waals surface area contributed by atoms with Crippen LogP contribution in [0.15, 0.2) is 17.5 Å². The van der Waals surface area contributed by atoms with Gasteiger partial charge < -0.3 is 10.5 Å². The summed E-state index contributed by atoms with van der Waals surface area (Å²) in [6, 6.07) is 4.23. The van der Waals surface area contributed by atoms with Crippen LogP contribution in [0, 0.1) is 20.8 Å². The molecule has 2 N–H and O–H groups in total. The van der Waals surface area contributed by atoms with Crippen molar-refractivity contribution in [3.8, 4) is 5.75 Å². The molecule has 0 saturated heterocycles. The van der Waals surface area contributed by atoms with Crippen LogP contribution in [-0.2, 0) is 13.2 Å². The average molecular weight is 262 g/mol. The minimum absolute atomic E-state index is 0.493. The van der Waals surface area contributed by atoms with E-state index in [9.17, 15) is 0 Å². The maximum atomic E-state index is 5.85. The van der Waals surface area contributed by atoms with Crippen LogP contribution in [0.1, 0.15) is 27.4 Å². The van der Waals surface area contributed by atoms with Gasteiger partial charge in [0.05, 0.1) is 5.69 Å². The smallest absolute Gasteiger partial charge is 0.131 e. The van der Waals surface area contributed by atoms with Crippen molar-refractivity contribution in [2.24, 2.45) is 5.73 Å². The highest BCUT2D eigenvalue weighted by Gasteiger charge is 2.06. The molecule has 0 radical (unpaired) electrons. The molecule has 0 aliphatic rings. The van der Waals surface area contributed by atoms with Crippen LogP contribution in [0.4, 0.5) is 0 Å². The molecule has 3 nitrogen and oxygen atoms in total. The van der Waals surface area contributed by atoms with Gasteiger partial charge in [-0.1, -0.05) is 6.07 Å². The molecule has 0 fully saturated rings. The van der Waals surface area contributed by atoms with Crippen molar-refractivity contribution >= 4 is 11.3 Å². The van der Waals surface area contributed by atoms with E-state index < -0.39 is 0 Å². The van der Waals surface area contributed by atoms with Gasteiger partial charge in [0, 0.05) is 11.9 Å². The van der Waals surface area contributed by atoms with E-state index in [0.29, 0.717) is 13.2 Å². The summed E-state index contributed by atoms with van der Waals surface area (Å²) in [7, 11) is 0. The minimum atomic E-state index is 0.493. The molecule has 1 heterocycles. The average Bonchev–Trinajstić information content (AvgIpc) is 2.80. The number of nitrogens with zero attached hydrogens (tertiary/aromatic N) is 1. The second-order valence-electron chi connectivity index (χ2n) is 4.43. The predicted molar refractivity (Wildman–Crippen MR) is 75.0 cm³/mol. The first-order valence-electron chi connectivity index (χ1n) is 5.94. The quantitative estimate of drug-likeness (QED) is 0.921. The second kappa shape index (κ2) is 5.50. The number of benzene rings is 1.